The number of nitrogens with zero attached hydrogens (tertiary/aromatic N) is 2. The van der Waals surface area contributed by atoms with Gasteiger partial charge in [-0.2, -0.15) is 5.10 Å². The maximum atomic E-state index is 12.0. The molecule has 5 heteroatoms. The van der Waals surface area contributed by atoms with Crippen LogP contribution in [-0.2, 0) is 7.05 Å². The fourth-order valence-electron chi connectivity index (χ4n) is 2.25. The molecule has 1 fully saturated rings. The van der Waals surface area contributed by atoms with Gasteiger partial charge in [-0.05, 0) is 19.8 Å². The number of carbonyl (C=O) groups is 1. The largest absolute Gasteiger partial charge is 0.391 e. The molecule has 0 saturated heterocycles. The van der Waals surface area contributed by atoms with Crippen LogP contribution in [0.25, 0.3) is 0 Å². The summed E-state index contributed by atoms with van der Waals surface area (Å²) >= 11 is 0. The summed E-state index contributed by atoms with van der Waals surface area (Å²) in [6.07, 6.45) is 4.89. The number of aliphatic hydroxyl groups is 1. The van der Waals surface area contributed by atoms with Crippen molar-refractivity contribution in [1.29, 1.82) is 0 Å². The minimum Gasteiger partial charge on any atom is -0.391 e. The number of aliphatic hydroxyl groups excluding tert-OH is 1. The van der Waals surface area contributed by atoms with Crippen LogP contribution in [0.5, 0.6) is 0 Å². The number of amides is 1. The lowest BCUT2D eigenvalue weighted by molar-refractivity contribution is 0.0716. The van der Waals surface area contributed by atoms with E-state index in [4.69, 9.17) is 0 Å². The molecule has 1 aliphatic carbocycles. The van der Waals surface area contributed by atoms with Gasteiger partial charge in [0, 0.05) is 12.7 Å². The Kier molecular flexibility index (Phi) is 3.47. The third kappa shape index (κ3) is 2.49. The standard InChI is InChI=1S/C12H19N3O2/c1-8-9(7-13-15(8)2)12(17)14-10-5-3-4-6-11(10)16/h7,10-11,16H,3-6H2,1-2H3,(H,14,17)/t10-,11-/m0/s1. The molecule has 1 aliphatic rings. The third-order valence-electron chi connectivity index (χ3n) is 3.53. The van der Waals surface area contributed by atoms with Crippen LogP contribution in [0.4, 0.5) is 0 Å². The van der Waals surface area contributed by atoms with E-state index >= 15 is 0 Å². The molecule has 0 aliphatic heterocycles. The van der Waals surface area contributed by atoms with Crippen LogP contribution in [0, 0.1) is 6.92 Å². The summed E-state index contributed by atoms with van der Waals surface area (Å²) < 4.78 is 1.67. The first-order valence-corrected chi connectivity index (χ1v) is 6.07. The number of hydrogen-bond donors (Lipinski definition) is 2. The van der Waals surface area contributed by atoms with E-state index in [0.717, 1.165) is 31.4 Å². The second-order valence-electron chi connectivity index (χ2n) is 4.70. The molecular formula is C12H19N3O2. The minimum atomic E-state index is -0.412. The molecule has 1 amide bonds. The van der Waals surface area contributed by atoms with Gasteiger partial charge in [0.25, 0.3) is 5.91 Å². The number of nitrogens with one attached hydrogen (secondary N) is 1. The van der Waals surface area contributed by atoms with Crippen molar-refractivity contribution in [2.45, 2.75) is 44.8 Å². The first kappa shape index (κ1) is 12.1. The van der Waals surface area contributed by atoms with E-state index in [1.54, 1.807) is 10.9 Å². The Labute approximate surface area is 101 Å². The lowest BCUT2D eigenvalue weighted by Crippen LogP contribution is -2.45. The zero-order valence-corrected chi connectivity index (χ0v) is 10.3. The summed E-state index contributed by atoms with van der Waals surface area (Å²) in [6, 6.07) is -0.115. The van der Waals surface area contributed by atoms with Gasteiger partial charge in [0.15, 0.2) is 0 Å². The van der Waals surface area contributed by atoms with Gasteiger partial charge in [-0.25, -0.2) is 0 Å². The van der Waals surface area contributed by atoms with Gasteiger partial charge in [-0.15, -0.1) is 0 Å². The van der Waals surface area contributed by atoms with Crippen molar-refractivity contribution in [1.82, 2.24) is 15.1 Å². The number of rotatable bonds is 2. The molecule has 0 radical (unpaired) electrons. The molecular weight excluding hydrogens is 218 g/mol. The van der Waals surface area contributed by atoms with Crippen LogP contribution < -0.4 is 5.32 Å². The molecule has 0 aromatic carbocycles. The van der Waals surface area contributed by atoms with E-state index in [-0.39, 0.29) is 11.9 Å². The molecule has 2 atom stereocenters. The Bertz CT molecular complexity index is 414. The molecule has 17 heavy (non-hydrogen) atoms. The molecule has 1 aromatic rings. The number of carbonyl (C=O) groups excluding carboxylic acids is 1. The first-order valence-electron chi connectivity index (χ1n) is 6.07. The fraction of sp³-hybridized carbons (Fsp3) is 0.667. The molecule has 94 valence electrons. The summed E-state index contributed by atoms with van der Waals surface area (Å²) in [7, 11) is 1.81. The normalized spacial score (nSPS) is 24.6. The predicted octanol–water partition coefficient (Wildman–Crippen LogP) is 0.762. The molecule has 0 spiro atoms. The van der Waals surface area contributed by atoms with Crippen LogP contribution >= 0.6 is 0 Å². The van der Waals surface area contributed by atoms with E-state index in [9.17, 15) is 9.90 Å². The molecule has 0 bridgehead atoms. The molecule has 2 rings (SSSR count). The van der Waals surface area contributed by atoms with E-state index < -0.39 is 6.10 Å². The van der Waals surface area contributed by atoms with Gasteiger partial charge in [-0.3, -0.25) is 9.48 Å². The summed E-state index contributed by atoms with van der Waals surface area (Å²) in [4.78, 5) is 12.0. The topological polar surface area (TPSA) is 67.2 Å². The highest BCUT2D eigenvalue weighted by molar-refractivity contribution is 5.95. The van der Waals surface area contributed by atoms with E-state index in [0.29, 0.717) is 5.56 Å². The maximum Gasteiger partial charge on any atom is 0.255 e. The number of hydrogen-bond acceptors (Lipinski definition) is 3. The molecule has 0 unspecified atom stereocenters. The number of aryl methyl sites for hydroxylation is 1. The van der Waals surface area contributed by atoms with Crippen molar-refractivity contribution < 1.29 is 9.90 Å². The zero-order chi connectivity index (χ0) is 12.4. The highest BCUT2D eigenvalue weighted by atomic mass is 16.3. The van der Waals surface area contributed by atoms with Crippen LogP contribution in [-0.4, -0.2) is 32.9 Å². The summed E-state index contributed by atoms with van der Waals surface area (Å²) in [5.41, 5.74) is 1.43. The van der Waals surface area contributed by atoms with Crippen molar-refractivity contribution in [3.05, 3.63) is 17.5 Å². The molecule has 1 aromatic heterocycles. The Hall–Kier alpha value is -1.36. The second kappa shape index (κ2) is 4.87. The van der Waals surface area contributed by atoms with E-state index in [1.807, 2.05) is 14.0 Å². The fourth-order valence-corrected chi connectivity index (χ4v) is 2.25. The molecule has 1 saturated carbocycles. The highest BCUT2D eigenvalue weighted by Gasteiger charge is 2.25. The van der Waals surface area contributed by atoms with Crippen LogP contribution in [0.3, 0.4) is 0 Å². The van der Waals surface area contributed by atoms with Gasteiger partial charge >= 0.3 is 0 Å². The van der Waals surface area contributed by atoms with Crippen molar-refractivity contribution in [3.63, 3.8) is 0 Å². The molecule has 1 heterocycles. The Morgan fingerprint density at radius 3 is 2.82 bits per heavy atom. The van der Waals surface area contributed by atoms with Gasteiger partial charge < -0.3 is 10.4 Å². The Morgan fingerprint density at radius 1 is 1.53 bits per heavy atom. The van der Waals surface area contributed by atoms with Crippen molar-refractivity contribution in [2.75, 3.05) is 0 Å². The SMILES string of the molecule is Cc1c(C(=O)N[C@H]2CCCC[C@@H]2O)cnn1C. The lowest BCUT2D eigenvalue weighted by atomic mass is 9.92. The number of aromatic nitrogens is 2. The van der Waals surface area contributed by atoms with Crippen LogP contribution in [0.1, 0.15) is 41.7 Å². The van der Waals surface area contributed by atoms with Gasteiger partial charge in [0.05, 0.1) is 23.9 Å². The smallest absolute Gasteiger partial charge is 0.255 e. The highest BCUT2D eigenvalue weighted by Crippen LogP contribution is 2.19. The van der Waals surface area contributed by atoms with Crippen molar-refractivity contribution >= 4 is 5.91 Å². The second-order valence-corrected chi connectivity index (χ2v) is 4.70. The minimum absolute atomic E-state index is 0.115. The van der Waals surface area contributed by atoms with E-state index in [1.165, 1.54) is 0 Å². The van der Waals surface area contributed by atoms with Gasteiger partial charge in [0.1, 0.15) is 0 Å². The van der Waals surface area contributed by atoms with Crippen molar-refractivity contribution in [2.24, 2.45) is 7.05 Å². The third-order valence-corrected chi connectivity index (χ3v) is 3.53. The van der Waals surface area contributed by atoms with Gasteiger partial charge in [0.2, 0.25) is 0 Å². The van der Waals surface area contributed by atoms with Gasteiger partial charge in [-0.1, -0.05) is 12.8 Å². The van der Waals surface area contributed by atoms with Crippen LogP contribution in [0.15, 0.2) is 6.20 Å². The summed E-state index contributed by atoms with van der Waals surface area (Å²) in [5.74, 6) is -0.137. The zero-order valence-electron chi connectivity index (χ0n) is 10.3. The van der Waals surface area contributed by atoms with E-state index in [2.05, 4.69) is 10.4 Å². The van der Waals surface area contributed by atoms with Crippen LogP contribution in [0.2, 0.25) is 0 Å². The van der Waals surface area contributed by atoms with Crippen molar-refractivity contribution in [3.8, 4) is 0 Å². The quantitative estimate of drug-likeness (QED) is 0.798. The summed E-state index contributed by atoms with van der Waals surface area (Å²) in [6.45, 7) is 1.86. The maximum absolute atomic E-state index is 12.0. The monoisotopic (exact) mass is 237 g/mol. The predicted molar refractivity (Wildman–Crippen MR) is 63.7 cm³/mol. The Balaban J connectivity index is 2.03. The molecule has 5 nitrogen and oxygen atoms in total. The average molecular weight is 237 g/mol. The molecule has 2 N–H and O–H groups in total. The Morgan fingerprint density at radius 2 is 2.24 bits per heavy atom. The lowest BCUT2D eigenvalue weighted by Gasteiger charge is -2.28. The summed E-state index contributed by atoms with van der Waals surface area (Å²) in [5, 5.41) is 16.7. The first-order chi connectivity index (χ1) is 8.09. The average Bonchev–Trinajstić information content (AvgIpc) is 2.63.